The molecule has 0 saturated heterocycles. The van der Waals surface area contributed by atoms with E-state index in [1.165, 1.54) is 7.11 Å². The van der Waals surface area contributed by atoms with Crippen molar-refractivity contribution in [2.24, 2.45) is 0 Å². The van der Waals surface area contributed by atoms with Gasteiger partial charge in [0.2, 0.25) is 5.89 Å². The molecule has 106 valence electrons. The molecule has 0 fully saturated rings. The maximum Gasteiger partial charge on any atom is 0.255 e. The van der Waals surface area contributed by atoms with E-state index in [1.807, 2.05) is 0 Å². The van der Waals surface area contributed by atoms with Gasteiger partial charge in [0.25, 0.3) is 5.91 Å². The number of rotatable bonds is 4. The van der Waals surface area contributed by atoms with Crippen molar-refractivity contribution in [3.63, 3.8) is 0 Å². The van der Waals surface area contributed by atoms with Gasteiger partial charge in [-0.05, 0) is 32.0 Å². The lowest BCUT2D eigenvalue weighted by Gasteiger charge is -2.13. The minimum Gasteiger partial charge on any atom is -0.496 e. The van der Waals surface area contributed by atoms with Gasteiger partial charge in [0.05, 0.1) is 18.9 Å². The Labute approximate surface area is 116 Å². The van der Waals surface area contributed by atoms with Crippen molar-refractivity contribution in [1.82, 2.24) is 10.3 Å². The van der Waals surface area contributed by atoms with E-state index in [1.54, 1.807) is 38.2 Å². The number of nitrogens with two attached hydrogens (primary N) is 1. The van der Waals surface area contributed by atoms with Crippen LogP contribution in [0.5, 0.6) is 5.75 Å². The molecule has 0 aliphatic carbocycles. The third-order valence-corrected chi connectivity index (χ3v) is 2.83. The maximum absolute atomic E-state index is 12.3. The van der Waals surface area contributed by atoms with Crippen LogP contribution in [0.4, 0.5) is 5.69 Å². The molecular formula is C14H17N3O3. The Hall–Kier alpha value is -2.50. The molecule has 1 atom stereocenters. The lowest BCUT2D eigenvalue weighted by Crippen LogP contribution is -2.27. The summed E-state index contributed by atoms with van der Waals surface area (Å²) in [4.78, 5) is 16.3. The number of nitrogen functional groups attached to an aromatic ring is 1. The number of oxazole rings is 1. The molecule has 0 aliphatic rings. The molecule has 20 heavy (non-hydrogen) atoms. The Kier molecular flexibility index (Phi) is 3.93. The van der Waals surface area contributed by atoms with Gasteiger partial charge in [-0.15, -0.1) is 0 Å². The van der Waals surface area contributed by atoms with Gasteiger partial charge in [-0.25, -0.2) is 4.98 Å². The monoisotopic (exact) mass is 275 g/mol. The molecule has 0 spiro atoms. The molecule has 0 bridgehead atoms. The largest absolute Gasteiger partial charge is 0.496 e. The number of aromatic nitrogens is 1. The number of methoxy groups -OCH3 is 1. The zero-order valence-corrected chi connectivity index (χ0v) is 11.6. The van der Waals surface area contributed by atoms with Crippen LogP contribution in [0.3, 0.4) is 0 Å². The van der Waals surface area contributed by atoms with Crippen molar-refractivity contribution in [2.45, 2.75) is 19.9 Å². The van der Waals surface area contributed by atoms with Crippen molar-refractivity contribution >= 4 is 11.6 Å². The van der Waals surface area contributed by atoms with Crippen LogP contribution in [-0.4, -0.2) is 18.0 Å². The van der Waals surface area contributed by atoms with Gasteiger partial charge in [0, 0.05) is 5.69 Å². The summed E-state index contributed by atoms with van der Waals surface area (Å²) in [5.41, 5.74) is 6.57. The number of nitrogens with zero attached hydrogens (tertiary/aromatic N) is 1. The van der Waals surface area contributed by atoms with Gasteiger partial charge < -0.3 is 20.2 Å². The average molecular weight is 275 g/mol. The molecule has 6 heteroatoms. The topological polar surface area (TPSA) is 90.4 Å². The molecule has 2 rings (SSSR count). The van der Waals surface area contributed by atoms with Crippen molar-refractivity contribution in [3.8, 4) is 5.75 Å². The fourth-order valence-electron chi connectivity index (χ4n) is 1.81. The van der Waals surface area contributed by atoms with Crippen molar-refractivity contribution in [2.75, 3.05) is 12.8 Å². The van der Waals surface area contributed by atoms with E-state index in [4.69, 9.17) is 14.9 Å². The summed E-state index contributed by atoms with van der Waals surface area (Å²) in [6.07, 6.45) is 1.61. The third-order valence-electron chi connectivity index (χ3n) is 2.83. The molecule has 0 saturated carbocycles. The minimum absolute atomic E-state index is 0.294. The van der Waals surface area contributed by atoms with E-state index in [2.05, 4.69) is 10.3 Å². The standard InChI is InChI=1S/C14H17N3O3/c1-8-7-16-14(20-8)9(2)17-13(18)11-6-10(15)4-5-12(11)19-3/h4-7,9H,15H2,1-3H3,(H,17,18). The van der Waals surface area contributed by atoms with Crippen molar-refractivity contribution in [1.29, 1.82) is 0 Å². The Balaban J connectivity index is 2.18. The Bertz CT molecular complexity index is 622. The highest BCUT2D eigenvalue weighted by Gasteiger charge is 2.18. The Morgan fingerprint density at radius 3 is 2.85 bits per heavy atom. The summed E-state index contributed by atoms with van der Waals surface area (Å²) >= 11 is 0. The second-order valence-electron chi connectivity index (χ2n) is 4.46. The molecule has 6 nitrogen and oxygen atoms in total. The first-order valence-electron chi connectivity index (χ1n) is 6.18. The fourth-order valence-corrected chi connectivity index (χ4v) is 1.81. The van der Waals surface area contributed by atoms with Gasteiger partial charge in [-0.2, -0.15) is 0 Å². The van der Waals surface area contributed by atoms with Gasteiger partial charge in [-0.3, -0.25) is 4.79 Å². The number of ether oxygens (including phenoxy) is 1. The number of nitrogens with one attached hydrogen (secondary N) is 1. The van der Waals surface area contributed by atoms with Crippen molar-refractivity contribution < 1.29 is 13.9 Å². The number of carbonyl (C=O) groups excluding carboxylic acids is 1. The fraction of sp³-hybridized carbons (Fsp3) is 0.286. The highest BCUT2D eigenvalue weighted by atomic mass is 16.5. The minimum atomic E-state index is -0.345. The molecule has 1 aromatic carbocycles. The smallest absolute Gasteiger partial charge is 0.255 e. The number of anilines is 1. The van der Waals surface area contributed by atoms with Crippen LogP contribution < -0.4 is 15.8 Å². The summed E-state index contributed by atoms with van der Waals surface area (Å²) in [6, 6.07) is 4.56. The van der Waals surface area contributed by atoms with E-state index >= 15 is 0 Å². The van der Waals surface area contributed by atoms with E-state index in [9.17, 15) is 4.79 Å². The van der Waals surface area contributed by atoms with Gasteiger partial charge in [-0.1, -0.05) is 0 Å². The van der Waals surface area contributed by atoms with E-state index in [-0.39, 0.29) is 11.9 Å². The Morgan fingerprint density at radius 2 is 2.25 bits per heavy atom. The van der Waals surface area contributed by atoms with Crippen LogP contribution in [-0.2, 0) is 0 Å². The number of hydrogen-bond acceptors (Lipinski definition) is 5. The van der Waals surface area contributed by atoms with Crippen LogP contribution in [0.15, 0.2) is 28.8 Å². The van der Waals surface area contributed by atoms with E-state index in [0.29, 0.717) is 28.7 Å². The molecule has 1 heterocycles. The number of benzene rings is 1. The Morgan fingerprint density at radius 1 is 1.50 bits per heavy atom. The van der Waals surface area contributed by atoms with E-state index in [0.717, 1.165) is 0 Å². The van der Waals surface area contributed by atoms with Crippen LogP contribution in [0.1, 0.15) is 35.0 Å². The predicted octanol–water partition coefficient (Wildman–Crippen LogP) is 2.06. The van der Waals surface area contributed by atoms with Crippen LogP contribution in [0.2, 0.25) is 0 Å². The summed E-state index contributed by atoms with van der Waals surface area (Å²) < 4.78 is 10.5. The predicted molar refractivity (Wildman–Crippen MR) is 74.5 cm³/mol. The van der Waals surface area contributed by atoms with Crippen molar-refractivity contribution in [3.05, 3.63) is 41.6 Å². The molecule has 1 amide bonds. The molecular weight excluding hydrogens is 258 g/mol. The molecule has 0 aliphatic heterocycles. The molecule has 2 aromatic rings. The van der Waals surface area contributed by atoms with Crippen LogP contribution in [0.25, 0.3) is 0 Å². The second kappa shape index (κ2) is 5.64. The van der Waals surface area contributed by atoms with Gasteiger partial charge >= 0.3 is 0 Å². The van der Waals surface area contributed by atoms with Gasteiger partial charge in [0.15, 0.2) is 0 Å². The highest BCUT2D eigenvalue weighted by Crippen LogP contribution is 2.22. The average Bonchev–Trinajstić information content (AvgIpc) is 2.85. The zero-order valence-electron chi connectivity index (χ0n) is 11.6. The third kappa shape index (κ3) is 2.90. The first-order valence-corrected chi connectivity index (χ1v) is 6.18. The SMILES string of the molecule is COc1ccc(N)cc1C(=O)NC(C)c1ncc(C)o1. The molecule has 1 aromatic heterocycles. The highest BCUT2D eigenvalue weighted by molar-refractivity contribution is 5.98. The lowest BCUT2D eigenvalue weighted by atomic mass is 10.1. The first kappa shape index (κ1) is 13.9. The first-order chi connectivity index (χ1) is 9.51. The van der Waals surface area contributed by atoms with E-state index < -0.39 is 0 Å². The van der Waals surface area contributed by atoms with Gasteiger partial charge in [0.1, 0.15) is 17.6 Å². The number of aryl methyl sites for hydroxylation is 1. The summed E-state index contributed by atoms with van der Waals surface area (Å²) in [7, 11) is 1.50. The maximum atomic E-state index is 12.3. The quantitative estimate of drug-likeness (QED) is 0.833. The summed E-state index contributed by atoms with van der Waals surface area (Å²) in [5.74, 6) is 1.33. The number of amides is 1. The lowest BCUT2D eigenvalue weighted by molar-refractivity contribution is 0.0931. The second-order valence-corrected chi connectivity index (χ2v) is 4.46. The normalized spacial score (nSPS) is 11.9. The van der Waals surface area contributed by atoms with Crippen LogP contribution in [0, 0.1) is 6.92 Å². The molecule has 0 radical (unpaired) electrons. The zero-order chi connectivity index (χ0) is 14.7. The molecule has 1 unspecified atom stereocenters. The molecule has 3 N–H and O–H groups in total. The number of carbonyl (C=O) groups is 1. The number of hydrogen-bond donors (Lipinski definition) is 2. The van der Waals surface area contributed by atoms with Crippen LogP contribution >= 0.6 is 0 Å². The summed E-state index contributed by atoms with van der Waals surface area (Å²) in [6.45, 7) is 3.59. The summed E-state index contributed by atoms with van der Waals surface area (Å²) in [5, 5.41) is 2.80.